The van der Waals surface area contributed by atoms with E-state index in [1.807, 2.05) is 37.1 Å². The number of H-pyrrole nitrogens is 1. The van der Waals surface area contributed by atoms with Gasteiger partial charge >= 0.3 is 5.97 Å². The largest absolute Gasteiger partial charge is 0.496 e. The zero-order chi connectivity index (χ0) is 54.9. The average molecular weight is 1080 g/mol. The molecule has 2 saturated heterocycles. The lowest BCUT2D eigenvalue weighted by Gasteiger charge is -2.63. The zero-order valence-corrected chi connectivity index (χ0v) is 47.1. The SMILES string of the molecule is CC[C@]12C=CCN3CCC4(c5cc([C@@]6(C(=O)OC)CC7CN(CCc8c6[nH]c6ccccc86)C[C@@](C)(O)C7)c(OC)cc5N(C)C4[C@@](O)(C(=O)NCC45CCC(CNCCC(=O)COCCOCCOC)(CC4)CC5)[C@@H]1O)C32. The van der Waals surface area contributed by atoms with E-state index < -0.39 is 51.5 Å². The number of para-hydroxylation sites is 1. The number of aliphatic hydroxyl groups excluding tert-OH is 1. The Hall–Kier alpha value is -4.43. The molecule has 5 aliphatic heterocycles. The van der Waals surface area contributed by atoms with E-state index in [4.69, 9.17) is 23.7 Å². The molecule has 6 N–H and O–H groups in total. The number of aliphatic hydroxyl groups is 3. The number of nitrogens with zero attached hydrogens (tertiary/aromatic N) is 3. The van der Waals surface area contributed by atoms with Crippen LogP contribution in [0.15, 0.2) is 48.6 Å². The summed E-state index contributed by atoms with van der Waals surface area (Å²) in [5.74, 6) is -0.550. The number of methoxy groups -OCH3 is 3. The number of rotatable bonds is 20. The van der Waals surface area contributed by atoms with E-state index in [9.17, 15) is 20.1 Å². The Kier molecular flexibility index (Phi) is 15.0. The molecule has 10 atom stereocenters. The van der Waals surface area contributed by atoms with Crippen LogP contribution in [0.25, 0.3) is 10.9 Å². The third kappa shape index (κ3) is 8.86. The second-order valence-electron chi connectivity index (χ2n) is 25.4. The minimum absolute atomic E-state index is 0.0611. The van der Waals surface area contributed by atoms with Crippen LogP contribution in [0.1, 0.15) is 107 Å². The summed E-state index contributed by atoms with van der Waals surface area (Å²) >= 11 is 0. The molecule has 17 heteroatoms. The van der Waals surface area contributed by atoms with Gasteiger partial charge in [-0.2, -0.15) is 0 Å². The standard InChI is InChI=1S/C61H86N6O11/c1-7-58-15-10-24-67-26-22-59(50(58)67)44-31-45(60(54(71)76-6)34-40-33-55(2,72)39-66(35-40)25-14-43-42-11-8-9-12-46(42)64-49(43)60)48(75-5)32-47(44)65(3)51(59)61(73,52(58)69)53(70)63-38-57-19-16-56(17-20-57,18-21-57)37-62-23-13-41(68)36-78-30-29-77-28-27-74-4/h8-12,15,31-32,40,50-52,62,64,69,72-73H,7,13-14,16-30,33-39H2,1-6H3,(H,63,70)/t40?,50?,51?,52-,55+,56?,57?,58-,59?,60+,61+/m1/s1. The number of carbonyl (C=O) groups is 3. The Morgan fingerprint density at radius 2 is 1.60 bits per heavy atom. The van der Waals surface area contributed by atoms with E-state index in [-0.39, 0.29) is 35.2 Å². The normalized spacial score (nSPS) is 36.5. The second kappa shape index (κ2) is 21.2. The predicted octanol–water partition coefficient (Wildman–Crippen LogP) is 4.54. The fourth-order valence-corrected chi connectivity index (χ4v) is 17.4. The van der Waals surface area contributed by atoms with Gasteiger partial charge in [0.25, 0.3) is 5.91 Å². The van der Waals surface area contributed by atoms with Crippen molar-refractivity contribution in [2.75, 3.05) is 119 Å². The molecule has 4 saturated carbocycles. The van der Waals surface area contributed by atoms with Crippen molar-refractivity contribution in [3.8, 4) is 5.75 Å². The summed E-state index contributed by atoms with van der Waals surface area (Å²) in [4.78, 5) is 54.3. The van der Waals surface area contributed by atoms with Crippen molar-refractivity contribution in [1.29, 1.82) is 0 Å². The Bertz CT molecular complexity index is 2760. The summed E-state index contributed by atoms with van der Waals surface area (Å²) < 4.78 is 28.4. The molecule has 1 aromatic heterocycles. The third-order valence-corrected chi connectivity index (χ3v) is 21.0. The van der Waals surface area contributed by atoms with Gasteiger partial charge < -0.3 is 59.5 Å². The van der Waals surface area contributed by atoms with Gasteiger partial charge in [-0.25, -0.2) is 0 Å². The van der Waals surface area contributed by atoms with Crippen molar-refractivity contribution in [3.63, 3.8) is 0 Å². The Labute approximate surface area is 460 Å². The summed E-state index contributed by atoms with van der Waals surface area (Å²) in [6.07, 6.45) is 11.5. The number of nitrogens with one attached hydrogen (secondary N) is 3. The van der Waals surface area contributed by atoms with Gasteiger partial charge in [0.1, 0.15) is 23.9 Å². The molecule has 1 spiro atoms. The number of Topliss-reactive ketones (excluding diaryl/α,β-unsaturated/α-hetero) is 1. The third-order valence-electron chi connectivity index (χ3n) is 21.0. The number of aromatic amines is 1. The van der Waals surface area contributed by atoms with Gasteiger partial charge in [0.15, 0.2) is 11.4 Å². The van der Waals surface area contributed by atoms with Gasteiger partial charge in [-0.05, 0) is 124 Å². The highest BCUT2D eigenvalue weighted by molar-refractivity contribution is 5.95. The molecular weight excluding hydrogens is 993 g/mol. The number of aromatic nitrogens is 1. The zero-order valence-electron chi connectivity index (χ0n) is 47.1. The van der Waals surface area contributed by atoms with Crippen molar-refractivity contribution in [2.45, 2.75) is 131 Å². The summed E-state index contributed by atoms with van der Waals surface area (Å²) in [5, 5.41) is 46.9. The number of anilines is 1. The van der Waals surface area contributed by atoms with Gasteiger partial charge in [0, 0.05) is 117 Å². The van der Waals surface area contributed by atoms with Crippen LogP contribution in [0.5, 0.6) is 5.75 Å². The molecule has 78 heavy (non-hydrogen) atoms. The van der Waals surface area contributed by atoms with Crippen LogP contribution in [-0.2, 0) is 50.6 Å². The van der Waals surface area contributed by atoms with E-state index >= 15 is 9.59 Å². The van der Waals surface area contributed by atoms with Gasteiger partial charge in [-0.1, -0.05) is 37.3 Å². The second-order valence-corrected chi connectivity index (χ2v) is 25.4. The highest BCUT2D eigenvalue weighted by atomic mass is 16.5. The molecule has 426 valence electrons. The van der Waals surface area contributed by atoms with Crippen molar-refractivity contribution in [2.24, 2.45) is 22.2 Å². The molecule has 3 aromatic rings. The molecule has 12 rings (SSSR count). The Balaban J connectivity index is 0.903. The first-order valence-corrected chi connectivity index (χ1v) is 29.1. The van der Waals surface area contributed by atoms with E-state index in [0.717, 1.165) is 78.5 Å². The van der Waals surface area contributed by atoms with Crippen molar-refractivity contribution < 1.29 is 53.4 Å². The molecule has 6 fully saturated rings. The fourth-order valence-electron chi connectivity index (χ4n) is 17.4. The minimum Gasteiger partial charge on any atom is -0.496 e. The molecular formula is C61H86N6O11. The number of ketones is 1. The summed E-state index contributed by atoms with van der Waals surface area (Å²) in [6.45, 7) is 11.0. The molecule has 9 aliphatic rings. The number of hydrogen-bond acceptors (Lipinski definition) is 15. The van der Waals surface area contributed by atoms with Crippen molar-refractivity contribution in [1.82, 2.24) is 25.4 Å². The first-order chi connectivity index (χ1) is 37.5. The van der Waals surface area contributed by atoms with Crippen LogP contribution < -0.4 is 20.3 Å². The lowest BCUT2D eigenvalue weighted by Crippen LogP contribution is -2.82. The van der Waals surface area contributed by atoms with Crippen LogP contribution in [0.3, 0.4) is 0 Å². The van der Waals surface area contributed by atoms with E-state index in [1.165, 1.54) is 7.11 Å². The molecule has 4 bridgehead atoms. The molecule has 6 heterocycles. The fraction of sp³-hybridized carbons (Fsp3) is 0.689. The minimum atomic E-state index is -2.26. The van der Waals surface area contributed by atoms with E-state index in [0.29, 0.717) is 122 Å². The number of carbonyl (C=O) groups excluding carboxylic acids is 3. The smallest absolute Gasteiger partial charge is 0.322 e. The van der Waals surface area contributed by atoms with Gasteiger partial charge in [0.05, 0.1) is 52.3 Å². The van der Waals surface area contributed by atoms with Crippen molar-refractivity contribution in [3.05, 3.63) is 70.9 Å². The van der Waals surface area contributed by atoms with Crippen LogP contribution in [-0.4, -0.2) is 191 Å². The highest BCUT2D eigenvalue weighted by Gasteiger charge is 2.79. The average Bonchev–Trinajstić information content (AvgIpc) is 1.95. The van der Waals surface area contributed by atoms with Crippen LogP contribution in [0, 0.1) is 22.2 Å². The topological polar surface area (TPSA) is 208 Å². The summed E-state index contributed by atoms with van der Waals surface area (Å²) in [7, 11) is 6.65. The lowest BCUT2D eigenvalue weighted by atomic mass is 9.47. The van der Waals surface area contributed by atoms with Gasteiger partial charge in [-0.15, -0.1) is 0 Å². The quantitative estimate of drug-likeness (QED) is 0.0522. The monoisotopic (exact) mass is 1080 g/mol. The first-order valence-electron chi connectivity index (χ1n) is 29.1. The number of esters is 1. The van der Waals surface area contributed by atoms with Gasteiger partial charge in [-0.3, -0.25) is 24.2 Å². The van der Waals surface area contributed by atoms with Crippen molar-refractivity contribution >= 4 is 34.3 Å². The van der Waals surface area contributed by atoms with E-state index in [2.05, 4.69) is 62.7 Å². The van der Waals surface area contributed by atoms with Crippen LogP contribution >= 0.6 is 0 Å². The molecule has 2 aromatic carbocycles. The number of likely N-dealkylation sites (N-methyl/N-ethyl adjacent to an activating group) is 1. The highest BCUT2D eigenvalue weighted by Crippen LogP contribution is 2.68. The summed E-state index contributed by atoms with van der Waals surface area (Å²) in [6, 6.07) is 11.2. The maximum atomic E-state index is 15.7. The number of benzene rings is 2. The maximum Gasteiger partial charge on any atom is 0.322 e. The van der Waals surface area contributed by atoms with Gasteiger partial charge in [0.2, 0.25) is 0 Å². The predicted molar refractivity (Wildman–Crippen MR) is 296 cm³/mol. The van der Waals surface area contributed by atoms with Crippen LogP contribution in [0.4, 0.5) is 5.69 Å². The first kappa shape index (κ1) is 55.5. The number of hydrogen-bond donors (Lipinski definition) is 6. The molecule has 17 nitrogen and oxygen atoms in total. The molecule has 4 aliphatic carbocycles. The maximum absolute atomic E-state index is 15.7. The summed E-state index contributed by atoms with van der Waals surface area (Å²) in [5.41, 5.74) is -1.51. The Morgan fingerprint density at radius 3 is 2.33 bits per heavy atom. The Morgan fingerprint density at radius 1 is 0.872 bits per heavy atom. The van der Waals surface area contributed by atoms with E-state index in [1.54, 1.807) is 14.2 Å². The number of fused-ring (bicyclic) bond motifs is 9. The molecule has 0 radical (unpaired) electrons. The van der Waals surface area contributed by atoms with Crippen LogP contribution in [0.2, 0.25) is 0 Å². The molecule has 1 amide bonds. The number of ether oxygens (including phenoxy) is 5. The lowest BCUT2D eigenvalue weighted by molar-refractivity contribution is -0.204. The number of piperidine rings is 1. The molecule has 5 unspecified atom stereocenters. The number of amides is 1.